The lowest BCUT2D eigenvalue weighted by atomic mass is 10.2. The van der Waals surface area contributed by atoms with E-state index in [4.69, 9.17) is 9.84 Å². The molecule has 1 aromatic carbocycles. The van der Waals surface area contributed by atoms with Crippen LogP contribution in [0, 0.1) is 0 Å². The third-order valence-corrected chi connectivity index (χ3v) is 2.84. The van der Waals surface area contributed by atoms with Crippen LogP contribution in [0.5, 0.6) is 5.75 Å². The zero-order chi connectivity index (χ0) is 11.7. The van der Waals surface area contributed by atoms with E-state index in [9.17, 15) is 4.79 Å². The molecule has 1 N–H and O–H groups in total. The van der Waals surface area contributed by atoms with Crippen LogP contribution < -0.4 is 4.74 Å². The zero-order valence-electron chi connectivity index (χ0n) is 8.40. The molecule has 0 atom stereocenters. The molecule has 0 radical (unpaired) electrons. The van der Waals surface area contributed by atoms with Crippen molar-refractivity contribution in [3.8, 4) is 5.75 Å². The fourth-order valence-corrected chi connectivity index (χ4v) is 1.93. The molecule has 5 heteroatoms. The Balaban J connectivity index is 2.71. The summed E-state index contributed by atoms with van der Waals surface area (Å²) in [7, 11) is 1.58. The van der Waals surface area contributed by atoms with Gasteiger partial charge in [0.25, 0.3) is 0 Å². The van der Waals surface area contributed by atoms with Crippen molar-refractivity contribution in [2.24, 2.45) is 0 Å². The molecule has 0 amide bonds. The van der Waals surface area contributed by atoms with Gasteiger partial charge in [0.2, 0.25) is 0 Å². The molecule has 2 aromatic rings. The van der Waals surface area contributed by atoms with Crippen molar-refractivity contribution < 1.29 is 14.6 Å². The number of hydrogen-bond acceptors (Lipinski definition) is 3. The van der Waals surface area contributed by atoms with Crippen LogP contribution in [0.25, 0.3) is 10.9 Å². The van der Waals surface area contributed by atoms with Crippen LogP contribution in [0.15, 0.2) is 28.7 Å². The van der Waals surface area contributed by atoms with Crippen LogP contribution in [0.2, 0.25) is 0 Å². The number of halogens is 1. The summed E-state index contributed by atoms with van der Waals surface area (Å²) in [5.41, 5.74) is 0.636. The maximum absolute atomic E-state index is 10.8. The second kappa shape index (κ2) is 4.09. The predicted octanol–water partition coefficient (Wildman–Crippen LogP) is 2.70. The molecule has 1 aromatic heterocycles. The van der Waals surface area contributed by atoms with Gasteiger partial charge in [-0.15, -0.1) is 0 Å². The molecular weight excluding hydrogens is 274 g/mol. The number of carboxylic acids is 1. The van der Waals surface area contributed by atoms with Crippen LogP contribution in [0.3, 0.4) is 0 Å². The summed E-state index contributed by atoms with van der Waals surface area (Å²) in [4.78, 5) is 14.8. The van der Waals surface area contributed by atoms with Crippen molar-refractivity contribution in [3.05, 3.63) is 34.4 Å². The Bertz CT molecular complexity index is 568. The van der Waals surface area contributed by atoms with Crippen molar-refractivity contribution in [1.29, 1.82) is 0 Å². The highest BCUT2D eigenvalue weighted by Gasteiger charge is 2.09. The summed E-state index contributed by atoms with van der Waals surface area (Å²) in [5.74, 6) is -0.337. The second-order valence-corrected chi connectivity index (χ2v) is 4.03. The summed E-state index contributed by atoms with van der Waals surface area (Å²) < 4.78 is 5.78. The molecule has 0 saturated carbocycles. The Kier molecular flexibility index (Phi) is 2.78. The monoisotopic (exact) mass is 281 g/mol. The van der Waals surface area contributed by atoms with E-state index in [0.29, 0.717) is 15.7 Å². The lowest BCUT2D eigenvalue weighted by Crippen LogP contribution is -2.00. The van der Waals surface area contributed by atoms with Crippen LogP contribution in [-0.2, 0) is 0 Å². The van der Waals surface area contributed by atoms with E-state index in [1.165, 1.54) is 6.07 Å². The normalized spacial score (nSPS) is 10.4. The lowest BCUT2D eigenvalue weighted by molar-refractivity contribution is 0.0691. The van der Waals surface area contributed by atoms with E-state index in [-0.39, 0.29) is 5.69 Å². The van der Waals surface area contributed by atoms with Gasteiger partial charge in [-0.25, -0.2) is 9.78 Å². The Morgan fingerprint density at radius 3 is 2.81 bits per heavy atom. The Morgan fingerprint density at radius 2 is 2.19 bits per heavy atom. The maximum atomic E-state index is 10.8. The smallest absolute Gasteiger partial charge is 0.354 e. The van der Waals surface area contributed by atoms with Gasteiger partial charge in [-0.1, -0.05) is 15.9 Å². The minimum Gasteiger partial charge on any atom is -0.497 e. The van der Waals surface area contributed by atoms with Crippen molar-refractivity contribution in [3.63, 3.8) is 0 Å². The minimum atomic E-state index is -1.04. The fraction of sp³-hybridized carbons (Fsp3) is 0.0909. The van der Waals surface area contributed by atoms with E-state index >= 15 is 0 Å². The first-order valence-electron chi connectivity index (χ1n) is 4.49. The van der Waals surface area contributed by atoms with Crippen LogP contribution >= 0.6 is 15.9 Å². The Labute approximate surface area is 100.0 Å². The summed E-state index contributed by atoms with van der Waals surface area (Å²) in [5, 5.41) is 9.68. The molecule has 4 nitrogen and oxygen atoms in total. The largest absolute Gasteiger partial charge is 0.497 e. The minimum absolute atomic E-state index is 0.0181. The number of aromatic carboxylic acids is 1. The summed E-state index contributed by atoms with van der Waals surface area (Å²) in [6, 6.07) is 6.75. The van der Waals surface area contributed by atoms with Gasteiger partial charge in [0.1, 0.15) is 11.4 Å². The maximum Gasteiger partial charge on any atom is 0.354 e. The number of aromatic nitrogens is 1. The number of nitrogens with zero attached hydrogens (tertiary/aromatic N) is 1. The molecular formula is C11H8BrNO3. The summed E-state index contributed by atoms with van der Waals surface area (Å²) >= 11 is 3.32. The number of ether oxygens (including phenoxy) is 1. The van der Waals surface area contributed by atoms with E-state index < -0.39 is 5.97 Å². The Hall–Kier alpha value is -1.62. The zero-order valence-corrected chi connectivity index (χ0v) is 9.98. The van der Waals surface area contributed by atoms with Gasteiger partial charge < -0.3 is 9.84 Å². The van der Waals surface area contributed by atoms with E-state index in [1.807, 2.05) is 0 Å². The van der Waals surface area contributed by atoms with Gasteiger partial charge in [-0.2, -0.15) is 0 Å². The van der Waals surface area contributed by atoms with Crippen LogP contribution in [0.1, 0.15) is 10.5 Å². The quantitative estimate of drug-likeness (QED) is 0.920. The number of rotatable bonds is 2. The van der Waals surface area contributed by atoms with E-state index in [2.05, 4.69) is 20.9 Å². The third kappa shape index (κ3) is 1.86. The SMILES string of the molecule is COc1ccc2nc(C(=O)O)cc(Br)c2c1. The van der Waals surface area contributed by atoms with Gasteiger partial charge in [-0.05, 0) is 24.3 Å². The molecule has 0 spiro atoms. The molecule has 0 aliphatic carbocycles. The first-order valence-corrected chi connectivity index (χ1v) is 5.28. The first kappa shape index (κ1) is 10.9. The highest BCUT2D eigenvalue weighted by molar-refractivity contribution is 9.10. The van der Waals surface area contributed by atoms with Gasteiger partial charge in [0, 0.05) is 9.86 Å². The average Bonchev–Trinajstić information content (AvgIpc) is 2.28. The number of hydrogen-bond donors (Lipinski definition) is 1. The Morgan fingerprint density at radius 1 is 1.44 bits per heavy atom. The van der Waals surface area contributed by atoms with Gasteiger partial charge >= 0.3 is 5.97 Å². The molecule has 1 heterocycles. The van der Waals surface area contributed by atoms with Crippen LogP contribution in [-0.4, -0.2) is 23.2 Å². The average molecular weight is 282 g/mol. The molecule has 0 unspecified atom stereocenters. The van der Waals surface area contributed by atoms with Gasteiger partial charge in [0.15, 0.2) is 0 Å². The number of carbonyl (C=O) groups is 1. The lowest BCUT2D eigenvalue weighted by Gasteiger charge is -2.05. The number of methoxy groups -OCH3 is 1. The van der Waals surface area contributed by atoms with Gasteiger partial charge in [0.05, 0.1) is 12.6 Å². The molecule has 0 aliphatic rings. The molecule has 16 heavy (non-hydrogen) atoms. The van der Waals surface area contributed by atoms with Crippen molar-refractivity contribution in [2.45, 2.75) is 0 Å². The highest BCUT2D eigenvalue weighted by atomic mass is 79.9. The standard InChI is InChI=1S/C11H8BrNO3/c1-16-6-2-3-9-7(4-6)8(12)5-10(13-9)11(14)15/h2-5H,1H3,(H,14,15). The molecule has 0 saturated heterocycles. The number of fused-ring (bicyclic) bond motifs is 1. The molecule has 82 valence electrons. The molecule has 2 rings (SSSR count). The second-order valence-electron chi connectivity index (χ2n) is 3.18. The van der Waals surface area contributed by atoms with E-state index in [0.717, 1.165) is 5.39 Å². The predicted molar refractivity (Wildman–Crippen MR) is 63.0 cm³/mol. The van der Waals surface area contributed by atoms with Crippen molar-refractivity contribution >= 4 is 32.8 Å². The number of carboxylic acid groups (broad SMARTS) is 1. The van der Waals surface area contributed by atoms with Gasteiger partial charge in [-0.3, -0.25) is 0 Å². The van der Waals surface area contributed by atoms with Crippen LogP contribution in [0.4, 0.5) is 0 Å². The third-order valence-electron chi connectivity index (χ3n) is 2.18. The molecule has 0 bridgehead atoms. The summed E-state index contributed by atoms with van der Waals surface area (Å²) in [6.07, 6.45) is 0. The van der Waals surface area contributed by atoms with E-state index in [1.54, 1.807) is 25.3 Å². The molecule has 0 fully saturated rings. The fourth-order valence-electron chi connectivity index (χ4n) is 1.40. The molecule has 0 aliphatic heterocycles. The number of pyridine rings is 1. The topological polar surface area (TPSA) is 59.4 Å². The summed E-state index contributed by atoms with van der Waals surface area (Å²) in [6.45, 7) is 0. The van der Waals surface area contributed by atoms with Crippen molar-refractivity contribution in [2.75, 3.05) is 7.11 Å². The van der Waals surface area contributed by atoms with Crippen molar-refractivity contribution in [1.82, 2.24) is 4.98 Å². The highest BCUT2D eigenvalue weighted by Crippen LogP contribution is 2.27. The first-order chi connectivity index (χ1) is 7.61. The number of benzene rings is 1.